The molecule has 3 aliphatic rings. The van der Waals surface area contributed by atoms with Crippen LogP contribution in [0.15, 0.2) is 122 Å². The minimum Gasteiger partial charge on any atom is -0.391 e. The third-order valence-corrected chi connectivity index (χ3v) is 9.98. The Morgan fingerprint density at radius 3 is 2.29 bits per heavy atom. The topological polar surface area (TPSA) is 85.6 Å². The summed E-state index contributed by atoms with van der Waals surface area (Å²) in [5, 5.41) is 20.2. The molecule has 3 aromatic rings. The maximum Gasteiger partial charge on any atom is 0.128 e. The van der Waals surface area contributed by atoms with Gasteiger partial charge in [-0.05, 0) is 73.2 Å². The number of likely N-dealkylation sites (N-methyl/N-ethyl adjacent to an activating group) is 1. The van der Waals surface area contributed by atoms with E-state index < -0.39 is 0 Å². The first-order valence-corrected chi connectivity index (χ1v) is 17.1. The van der Waals surface area contributed by atoms with Crippen molar-refractivity contribution in [3.05, 3.63) is 133 Å². The van der Waals surface area contributed by atoms with Crippen LogP contribution in [0.4, 0.5) is 17.2 Å². The fourth-order valence-electron chi connectivity index (χ4n) is 7.09. The average molecular weight is 641 g/mol. The van der Waals surface area contributed by atoms with Gasteiger partial charge in [-0.25, -0.2) is 4.98 Å². The number of allylic oxidation sites excluding steroid dienone is 4. The number of hydrogen-bond donors (Lipinski definition) is 3. The van der Waals surface area contributed by atoms with Gasteiger partial charge in [-0.2, -0.15) is 0 Å². The Kier molecular flexibility index (Phi) is 10.5. The highest BCUT2D eigenvalue weighted by molar-refractivity contribution is 6.18. The summed E-state index contributed by atoms with van der Waals surface area (Å²) < 4.78 is 0. The summed E-state index contributed by atoms with van der Waals surface area (Å²) in [6, 6.07) is 23.5. The van der Waals surface area contributed by atoms with Crippen LogP contribution in [0.25, 0.3) is 0 Å². The number of hydrogen-bond acceptors (Lipinski definition) is 8. The van der Waals surface area contributed by atoms with Crippen LogP contribution in [0, 0.1) is 10.8 Å². The van der Waals surface area contributed by atoms with Gasteiger partial charge in [0, 0.05) is 75.9 Å². The minimum absolute atomic E-state index is 0.298. The van der Waals surface area contributed by atoms with Crippen molar-refractivity contribution in [1.29, 1.82) is 10.8 Å². The fraction of sp³-hybridized carbons (Fsp3) is 0.325. The van der Waals surface area contributed by atoms with Crippen LogP contribution in [-0.2, 0) is 0 Å². The average Bonchev–Trinajstić information content (AvgIpc) is 3.51. The molecule has 6 rings (SSSR count). The predicted molar refractivity (Wildman–Crippen MR) is 201 cm³/mol. The van der Waals surface area contributed by atoms with Gasteiger partial charge in [0.15, 0.2) is 0 Å². The Labute approximate surface area is 285 Å². The number of anilines is 3. The standard InChI is InChI=1S/C40H48N8/c1-4-5-11-36(30(2)43-3)31-12-14-33(15-13-31)45-24-26-46(27-25-45)34-18-21-47(22-19-34)40-17-16-35(29-44-40)48-23-20-37(41)39(48)28-38(42)32-9-7-6-8-10-32/h4,6-10,12-17,20,23,28-29,34,36,41-43H,1-2,5,11,18-19,21-22,24-27H2,3H3/b39-28+,41-37?,42-38?. The molecule has 2 aromatic carbocycles. The van der Waals surface area contributed by atoms with Crippen LogP contribution in [-0.4, -0.2) is 73.7 Å². The molecule has 2 fully saturated rings. The highest BCUT2D eigenvalue weighted by Crippen LogP contribution is 2.31. The number of piperidine rings is 1. The van der Waals surface area contributed by atoms with Crippen molar-refractivity contribution >= 4 is 28.6 Å². The zero-order chi connectivity index (χ0) is 33.5. The molecule has 0 bridgehead atoms. The van der Waals surface area contributed by atoms with Gasteiger partial charge in [0.25, 0.3) is 0 Å². The van der Waals surface area contributed by atoms with E-state index in [4.69, 9.17) is 15.8 Å². The second-order valence-corrected chi connectivity index (χ2v) is 12.8. The first kappa shape index (κ1) is 33.0. The molecule has 3 aliphatic heterocycles. The summed E-state index contributed by atoms with van der Waals surface area (Å²) in [4.78, 5) is 14.4. The van der Waals surface area contributed by atoms with Gasteiger partial charge in [0.2, 0.25) is 0 Å². The molecule has 0 saturated carbocycles. The third-order valence-electron chi connectivity index (χ3n) is 9.98. The van der Waals surface area contributed by atoms with E-state index in [2.05, 4.69) is 69.6 Å². The fourth-order valence-corrected chi connectivity index (χ4v) is 7.09. The van der Waals surface area contributed by atoms with Crippen molar-refractivity contribution in [3.63, 3.8) is 0 Å². The number of benzene rings is 2. The predicted octanol–water partition coefficient (Wildman–Crippen LogP) is 6.96. The van der Waals surface area contributed by atoms with Crippen LogP contribution in [0.3, 0.4) is 0 Å². The van der Waals surface area contributed by atoms with E-state index in [1.54, 1.807) is 12.2 Å². The number of aromatic nitrogens is 1. The molecule has 4 heterocycles. The monoisotopic (exact) mass is 640 g/mol. The van der Waals surface area contributed by atoms with Gasteiger partial charge in [-0.1, -0.05) is 55.1 Å². The zero-order valence-corrected chi connectivity index (χ0v) is 28.1. The SMILES string of the molecule is C=CCCC(C(=C)NC)c1ccc(N2CCN(C3CCN(c4ccc(N5C=CC(=N)/C5=C\C(=N)c5ccccc5)cn4)CC3)CC2)cc1. The molecule has 1 unspecified atom stereocenters. The Balaban J connectivity index is 0.996. The lowest BCUT2D eigenvalue weighted by atomic mass is 9.91. The number of piperazine rings is 1. The highest BCUT2D eigenvalue weighted by atomic mass is 15.3. The molecule has 8 nitrogen and oxygen atoms in total. The third kappa shape index (κ3) is 7.44. The summed E-state index contributed by atoms with van der Waals surface area (Å²) in [6.45, 7) is 14.4. The lowest BCUT2D eigenvalue weighted by Crippen LogP contribution is -2.53. The van der Waals surface area contributed by atoms with Gasteiger partial charge in [0.05, 0.1) is 29.0 Å². The molecule has 0 aliphatic carbocycles. The lowest BCUT2D eigenvalue weighted by Gasteiger charge is -2.43. The van der Waals surface area contributed by atoms with Gasteiger partial charge >= 0.3 is 0 Å². The molecule has 0 amide bonds. The van der Waals surface area contributed by atoms with Gasteiger partial charge < -0.3 is 25.4 Å². The summed E-state index contributed by atoms with van der Waals surface area (Å²) in [5.41, 5.74) is 6.84. The second-order valence-electron chi connectivity index (χ2n) is 12.8. The van der Waals surface area contributed by atoms with E-state index >= 15 is 0 Å². The van der Waals surface area contributed by atoms with Crippen LogP contribution in [0.5, 0.6) is 0 Å². The van der Waals surface area contributed by atoms with Crippen molar-refractivity contribution < 1.29 is 0 Å². The van der Waals surface area contributed by atoms with Gasteiger partial charge in [0.1, 0.15) is 5.82 Å². The Morgan fingerprint density at radius 2 is 1.65 bits per heavy atom. The van der Waals surface area contributed by atoms with E-state index in [-0.39, 0.29) is 0 Å². The second kappa shape index (κ2) is 15.3. The Hall–Kier alpha value is -4.95. The first-order valence-electron chi connectivity index (χ1n) is 17.1. The Bertz CT molecular complexity index is 1640. The van der Waals surface area contributed by atoms with E-state index in [0.717, 1.165) is 87.7 Å². The zero-order valence-electron chi connectivity index (χ0n) is 28.1. The van der Waals surface area contributed by atoms with Crippen molar-refractivity contribution in [3.8, 4) is 0 Å². The quantitative estimate of drug-likeness (QED) is 0.147. The van der Waals surface area contributed by atoms with Crippen molar-refractivity contribution in [2.24, 2.45) is 0 Å². The molecule has 1 atom stereocenters. The number of nitrogens with zero attached hydrogens (tertiary/aromatic N) is 5. The number of pyridine rings is 1. The molecular weight excluding hydrogens is 592 g/mol. The maximum atomic E-state index is 8.54. The van der Waals surface area contributed by atoms with Gasteiger partial charge in [-0.15, -0.1) is 6.58 Å². The Morgan fingerprint density at radius 1 is 0.938 bits per heavy atom. The largest absolute Gasteiger partial charge is 0.391 e. The van der Waals surface area contributed by atoms with E-state index in [0.29, 0.717) is 29.1 Å². The molecule has 0 radical (unpaired) electrons. The van der Waals surface area contributed by atoms with Crippen molar-refractivity contribution in [2.45, 2.75) is 37.6 Å². The minimum atomic E-state index is 0.298. The number of nitrogens with one attached hydrogen (secondary N) is 3. The molecule has 2 saturated heterocycles. The summed E-state index contributed by atoms with van der Waals surface area (Å²) in [5.74, 6) is 1.29. The van der Waals surface area contributed by atoms with Crippen LogP contribution >= 0.6 is 0 Å². The van der Waals surface area contributed by atoms with E-state index in [1.165, 1.54) is 11.3 Å². The molecule has 248 valence electrons. The molecular formula is C40H48N8. The van der Waals surface area contributed by atoms with Crippen molar-refractivity contribution in [2.75, 3.05) is 61.0 Å². The highest BCUT2D eigenvalue weighted by Gasteiger charge is 2.28. The van der Waals surface area contributed by atoms with Gasteiger partial charge in [-0.3, -0.25) is 10.3 Å². The van der Waals surface area contributed by atoms with E-state index in [1.807, 2.05) is 60.8 Å². The lowest BCUT2D eigenvalue weighted by molar-refractivity contribution is 0.160. The first-order chi connectivity index (χ1) is 23.4. The van der Waals surface area contributed by atoms with Crippen LogP contribution in [0.1, 0.15) is 42.7 Å². The van der Waals surface area contributed by atoms with Crippen LogP contribution < -0.4 is 20.0 Å². The van der Waals surface area contributed by atoms with E-state index in [9.17, 15) is 0 Å². The molecule has 0 spiro atoms. The number of rotatable bonds is 12. The van der Waals surface area contributed by atoms with Crippen LogP contribution in [0.2, 0.25) is 0 Å². The molecule has 8 heteroatoms. The van der Waals surface area contributed by atoms with Crippen molar-refractivity contribution in [1.82, 2.24) is 15.2 Å². The molecule has 3 N–H and O–H groups in total. The summed E-state index contributed by atoms with van der Waals surface area (Å²) in [6.07, 6.45) is 13.5. The smallest absolute Gasteiger partial charge is 0.128 e. The summed E-state index contributed by atoms with van der Waals surface area (Å²) in [7, 11) is 1.95. The maximum absolute atomic E-state index is 8.54. The normalized spacial score (nSPS) is 18.7. The molecule has 48 heavy (non-hydrogen) atoms. The molecule has 1 aromatic heterocycles. The summed E-state index contributed by atoms with van der Waals surface area (Å²) >= 11 is 0.